The maximum atomic E-state index is 11.0. The summed E-state index contributed by atoms with van der Waals surface area (Å²) in [5.41, 5.74) is 5.32. The molecule has 3 N–H and O–H groups in total. The molecule has 4 saturated carbocycles. The Hall–Kier alpha value is -1.50. The second kappa shape index (κ2) is 4.01. The van der Waals surface area contributed by atoms with E-state index in [0.29, 0.717) is 0 Å². The van der Waals surface area contributed by atoms with E-state index in [0.717, 1.165) is 17.8 Å². The van der Waals surface area contributed by atoms with Crippen molar-refractivity contribution in [3.63, 3.8) is 0 Å². The molecule has 0 radical (unpaired) electrons. The van der Waals surface area contributed by atoms with Crippen LogP contribution in [0.1, 0.15) is 38.5 Å². The Labute approximate surface area is 107 Å². The van der Waals surface area contributed by atoms with E-state index in [-0.39, 0.29) is 11.1 Å². The minimum Gasteiger partial charge on any atom is -0.384 e. The van der Waals surface area contributed by atoms with Crippen LogP contribution in [0, 0.1) is 29.1 Å². The van der Waals surface area contributed by atoms with Gasteiger partial charge in [-0.05, 0) is 56.3 Å². The summed E-state index contributed by atoms with van der Waals surface area (Å²) < 4.78 is 0. The van der Waals surface area contributed by atoms with Crippen LogP contribution in [0.15, 0.2) is 11.8 Å². The normalized spacial score (nSPS) is 41.5. The maximum absolute atomic E-state index is 11.0. The SMILES string of the molecule is N#C/C(=C\NC12CC3CC(CC(C3)C1)C2)C(N)=O. The fourth-order valence-electron chi connectivity index (χ4n) is 4.67. The van der Waals surface area contributed by atoms with Gasteiger partial charge in [-0.15, -0.1) is 0 Å². The summed E-state index contributed by atoms with van der Waals surface area (Å²) in [6.45, 7) is 0. The number of nitrogens with zero attached hydrogens (tertiary/aromatic N) is 1. The fourth-order valence-corrected chi connectivity index (χ4v) is 4.67. The Balaban J connectivity index is 1.77. The summed E-state index contributed by atoms with van der Waals surface area (Å²) in [6, 6.07) is 1.86. The van der Waals surface area contributed by atoms with Gasteiger partial charge in [-0.3, -0.25) is 4.79 Å². The van der Waals surface area contributed by atoms with Crippen LogP contribution < -0.4 is 11.1 Å². The zero-order valence-electron chi connectivity index (χ0n) is 10.5. The van der Waals surface area contributed by atoms with Gasteiger partial charge < -0.3 is 11.1 Å². The second-order valence-corrected chi connectivity index (χ2v) is 6.38. The number of amides is 1. The number of nitrogens with one attached hydrogen (secondary N) is 1. The van der Waals surface area contributed by atoms with E-state index < -0.39 is 5.91 Å². The number of carbonyl (C=O) groups excluding carboxylic acids is 1. The van der Waals surface area contributed by atoms with E-state index in [1.165, 1.54) is 38.5 Å². The Morgan fingerprint density at radius 2 is 1.72 bits per heavy atom. The van der Waals surface area contributed by atoms with Gasteiger partial charge in [-0.1, -0.05) is 0 Å². The Kier molecular flexibility index (Phi) is 2.58. The van der Waals surface area contributed by atoms with Crippen LogP contribution in [0.3, 0.4) is 0 Å². The summed E-state index contributed by atoms with van der Waals surface area (Å²) >= 11 is 0. The molecule has 0 saturated heterocycles. The molecule has 4 fully saturated rings. The van der Waals surface area contributed by atoms with Crippen molar-refractivity contribution in [3.05, 3.63) is 11.8 Å². The van der Waals surface area contributed by atoms with Crippen LogP contribution in [0.5, 0.6) is 0 Å². The summed E-state index contributed by atoms with van der Waals surface area (Å²) in [5.74, 6) is 1.89. The van der Waals surface area contributed by atoms with Crippen LogP contribution in [0.25, 0.3) is 0 Å². The highest BCUT2D eigenvalue weighted by atomic mass is 16.1. The zero-order valence-corrected chi connectivity index (χ0v) is 10.5. The lowest BCUT2D eigenvalue weighted by molar-refractivity contribution is -0.114. The predicted molar refractivity (Wildman–Crippen MR) is 66.9 cm³/mol. The van der Waals surface area contributed by atoms with Crippen LogP contribution in [0.4, 0.5) is 0 Å². The van der Waals surface area contributed by atoms with Crippen LogP contribution in [-0.2, 0) is 4.79 Å². The molecule has 4 aliphatic rings. The Morgan fingerprint density at radius 1 is 1.22 bits per heavy atom. The zero-order chi connectivity index (χ0) is 12.8. The molecule has 4 rings (SSSR count). The first-order valence-corrected chi connectivity index (χ1v) is 6.78. The van der Waals surface area contributed by atoms with Gasteiger partial charge >= 0.3 is 0 Å². The van der Waals surface area contributed by atoms with Gasteiger partial charge in [0, 0.05) is 11.7 Å². The monoisotopic (exact) mass is 245 g/mol. The molecule has 0 atom stereocenters. The smallest absolute Gasteiger partial charge is 0.260 e. The van der Waals surface area contributed by atoms with E-state index in [4.69, 9.17) is 11.0 Å². The molecule has 4 bridgehead atoms. The van der Waals surface area contributed by atoms with E-state index in [9.17, 15) is 4.79 Å². The lowest BCUT2D eigenvalue weighted by Crippen LogP contribution is -2.57. The molecule has 0 aromatic carbocycles. The highest BCUT2D eigenvalue weighted by Crippen LogP contribution is 2.55. The molecule has 0 aliphatic heterocycles. The van der Waals surface area contributed by atoms with Crippen molar-refractivity contribution < 1.29 is 4.79 Å². The quantitative estimate of drug-likeness (QED) is 0.583. The van der Waals surface area contributed by atoms with Crippen molar-refractivity contribution >= 4 is 5.91 Å². The van der Waals surface area contributed by atoms with Crippen LogP contribution in [0.2, 0.25) is 0 Å². The number of nitriles is 1. The largest absolute Gasteiger partial charge is 0.384 e. The molecule has 0 unspecified atom stereocenters. The fraction of sp³-hybridized carbons (Fsp3) is 0.714. The van der Waals surface area contributed by atoms with Crippen molar-refractivity contribution in [1.82, 2.24) is 5.32 Å². The average molecular weight is 245 g/mol. The molecule has 4 aliphatic carbocycles. The van der Waals surface area contributed by atoms with E-state index >= 15 is 0 Å². The highest BCUT2D eigenvalue weighted by Gasteiger charge is 2.50. The molecule has 0 aromatic heterocycles. The molecule has 4 nitrogen and oxygen atoms in total. The summed E-state index contributed by atoms with van der Waals surface area (Å²) in [7, 11) is 0. The topological polar surface area (TPSA) is 78.9 Å². The molecular weight excluding hydrogens is 226 g/mol. The molecule has 0 aromatic rings. The van der Waals surface area contributed by atoms with E-state index in [2.05, 4.69) is 5.32 Å². The molecule has 4 heteroatoms. The molecule has 0 spiro atoms. The van der Waals surface area contributed by atoms with Gasteiger partial charge in [0.15, 0.2) is 0 Å². The van der Waals surface area contributed by atoms with Crippen molar-refractivity contribution in [2.75, 3.05) is 0 Å². The lowest BCUT2D eigenvalue weighted by atomic mass is 9.53. The minimum atomic E-state index is -0.644. The molecule has 18 heavy (non-hydrogen) atoms. The van der Waals surface area contributed by atoms with Gasteiger partial charge in [-0.25, -0.2) is 0 Å². The number of primary amides is 1. The van der Waals surface area contributed by atoms with E-state index in [1.807, 2.05) is 6.07 Å². The standard InChI is InChI=1S/C14H19N3O/c15-7-12(13(16)18)8-17-14-4-9-1-10(5-14)3-11(2-9)6-14/h8-11,17H,1-6H2,(H2,16,18)/b12-8+. The number of hydrogen-bond donors (Lipinski definition) is 2. The first-order valence-electron chi connectivity index (χ1n) is 6.78. The van der Waals surface area contributed by atoms with E-state index in [1.54, 1.807) is 6.20 Å². The van der Waals surface area contributed by atoms with Crippen LogP contribution in [-0.4, -0.2) is 11.4 Å². The Bertz CT molecular complexity index is 411. The first kappa shape index (κ1) is 11.6. The summed E-state index contributed by atoms with van der Waals surface area (Å²) in [6.07, 6.45) is 9.26. The molecule has 1 amide bonds. The summed E-state index contributed by atoms with van der Waals surface area (Å²) in [4.78, 5) is 11.0. The van der Waals surface area contributed by atoms with Crippen molar-refractivity contribution in [2.24, 2.45) is 23.5 Å². The van der Waals surface area contributed by atoms with Gasteiger partial charge in [0.1, 0.15) is 11.6 Å². The van der Waals surface area contributed by atoms with Gasteiger partial charge in [0.05, 0.1) is 0 Å². The highest BCUT2D eigenvalue weighted by molar-refractivity contribution is 5.95. The Morgan fingerprint density at radius 3 is 2.11 bits per heavy atom. The molecule has 96 valence electrons. The average Bonchev–Trinajstić information content (AvgIpc) is 2.27. The van der Waals surface area contributed by atoms with Crippen molar-refractivity contribution in [3.8, 4) is 6.07 Å². The van der Waals surface area contributed by atoms with Crippen molar-refractivity contribution in [2.45, 2.75) is 44.1 Å². The number of carbonyl (C=O) groups is 1. The first-order chi connectivity index (χ1) is 8.60. The van der Waals surface area contributed by atoms with Crippen molar-refractivity contribution in [1.29, 1.82) is 5.26 Å². The predicted octanol–water partition coefficient (Wildman–Crippen LogP) is 1.44. The molecular formula is C14H19N3O. The minimum absolute atomic E-state index is 0.0331. The third-order valence-electron chi connectivity index (χ3n) is 4.95. The third-order valence-corrected chi connectivity index (χ3v) is 4.95. The van der Waals surface area contributed by atoms with Gasteiger partial charge in [0.25, 0.3) is 5.91 Å². The molecule has 0 heterocycles. The lowest BCUT2D eigenvalue weighted by Gasteiger charge is -2.56. The summed E-state index contributed by atoms with van der Waals surface area (Å²) in [5, 5.41) is 12.2. The number of nitrogens with two attached hydrogens (primary N) is 1. The maximum Gasteiger partial charge on any atom is 0.260 e. The second-order valence-electron chi connectivity index (χ2n) is 6.38. The number of hydrogen-bond acceptors (Lipinski definition) is 3. The van der Waals surface area contributed by atoms with Crippen LogP contribution >= 0.6 is 0 Å². The third kappa shape index (κ3) is 1.88. The van der Waals surface area contributed by atoms with Gasteiger partial charge in [0.2, 0.25) is 0 Å². The number of rotatable bonds is 3. The van der Waals surface area contributed by atoms with Gasteiger partial charge in [-0.2, -0.15) is 5.26 Å².